The zero-order valence-electron chi connectivity index (χ0n) is 8.86. The van der Waals surface area contributed by atoms with Crippen molar-refractivity contribution in [3.8, 4) is 0 Å². The van der Waals surface area contributed by atoms with Crippen molar-refractivity contribution in [3.05, 3.63) is 40.2 Å². The van der Waals surface area contributed by atoms with Crippen LogP contribution in [0, 0.1) is 17.0 Å². The summed E-state index contributed by atoms with van der Waals surface area (Å²) in [5, 5.41) is 23.5. The fraction of sp³-hybridized carbons (Fsp3) is 0.100. The summed E-state index contributed by atoms with van der Waals surface area (Å²) in [4.78, 5) is 10.7. The van der Waals surface area contributed by atoms with Crippen LogP contribution in [0.5, 0.6) is 0 Å². The Bertz CT molecular complexity index is 749. The van der Waals surface area contributed by atoms with Gasteiger partial charge in [-0.3, -0.25) is 10.1 Å². The molecule has 3 rings (SSSR count). The van der Waals surface area contributed by atoms with Crippen LogP contribution in [-0.4, -0.2) is 24.7 Å². The van der Waals surface area contributed by atoms with Crippen LogP contribution in [0.2, 0.25) is 0 Å². The standard InChI is InChI=1S/C10H7N5O2/c1-6-5-7-9(15(16)17)8-3-2-4-11-14(8)10(7)13-12-6/h2-5H,1H3. The van der Waals surface area contributed by atoms with Crippen molar-refractivity contribution < 1.29 is 4.92 Å². The molecule has 0 unspecified atom stereocenters. The van der Waals surface area contributed by atoms with E-state index in [0.29, 0.717) is 22.2 Å². The Morgan fingerprint density at radius 2 is 2.24 bits per heavy atom. The molecule has 0 aliphatic carbocycles. The second kappa shape index (κ2) is 3.21. The molecule has 3 aromatic rings. The van der Waals surface area contributed by atoms with Crippen LogP contribution in [-0.2, 0) is 0 Å². The summed E-state index contributed by atoms with van der Waals surface area (Å²) in [7, 11) is 0. The zero-order valence-corrected chi connectivity index (χ0v) is 8.86. The molecule has 0 aliphatic heterocycles. The number of hydrogen-bond donors (Lipinski definition) is 0. The van der Waals surface area contributed by atoms with Gasteiger partial charge in [0.2, 0.25) is 0 Å². The number of nitrogens with zero attached hydrogens (tertiary/aromatic N) is 5. The van der Waals surface area contributed by atoms with Crippen molar-refractivity contribution >= 4 is 22.2 Å². The SMILES string of the molecule is Cc1cc2c([N+](=O)[O-])c3cccnn3c2nn1. The van der Waals surface area contributed by atoms with E-state index in [1.54, 1.807) is 31.3 Å². The summed E-state index contributed by atoms with van der Waals surface area (Å²) in [6.45, 7) is 1.74. The zero-order chi connectivity index (χ0) is 12.0. The number of rotatable bonds is 1. The van der Waals surface area contributed by atoms with Crippen LogP contribution in [0.3, 0.4) is 0 Å². The highest BCUT2D eigenvalue weighted by atomic mass is 16.6. The topological polar surface area (TPSA) is 86.2 Å². The third kappa shape index (κ3) is 1.25. The van der Waals surface area contributed by atoms with Crippen molar-refractivity contribution in [1.82, 2.24) is 19.8 Å². The Morgan fingerprint density at radius 3 is 3.00 bits per heavy atom. The van der Waals surface area contributed by atoms with Crippen molar-refractivity contribution in [3.63, 3.8) is 0 Å². The molecule has 0 N–H and O–H groups in total. The molecule has 0 spiro atoms. The van der Waals surface area contributed by atoms with Crippen LogP contribution in [0.25, 0.3) is 16.6 Å². The Kier molecular flexibility index (Phi) is 1.82. The van der Waals surface area contributed by atoms with Gasteiger partial charge in [-0.05, 0) is 25.1 Å². The lowest BCUT2D eigenvalue weighted by Gasteiger charge is -1.91. The maximum Gasteiger partial charge on any atom is 0.306 e. The second-order valence-electron chi connectivity index (χ2n) is 3.65. The van der Waals surface area contributed by atoms with Crippen LogP contribution < -0.4 is 0 Å². The molecule has 0 amide bonds. The van der Waals surface area contributed by atoms with E-state index in [0.717, 1.165) is 0 Å². The van der Waals surface area contributed by atoms with Gasteiger partial charge in [0, 0.05) is 6.20 Å². The number of hydrogen-bond acceptors (Lipinski definition) is 5. The van der Waals surface area contributed by atoms with Gasteiger partial charge >= 0.3 is 5.69 Å². The molecule has 0 aliphatic rings. The highest BCUT2D eigenvalue weighted by Crippen LogP contribution is 2.31. The molecule has 0 radical (unpaired) electrons. The molecule has 0 fully saturated rings. The first-order valence-electron chi connectivity index (χ1n) is 4.92. The summed E-state index contributed by atoms with van der Waals surface area (Å²) in [6, 6.07) is 4.94. The van der Waals surface area contributed by atoms with E-state index in [2.05, 4.69) is 15.3 Å². The van der Waals surface area contributed by atoms with Crippen molar-refractivity contribution in [1.29, 1.82) is 0 Å². The van der Waals surface area contributed by atoms with Gasteiger partial charge < -0.3 is 0 Å². The van der Waals surface area contributed by atoms with Gasteiger partial charge in [0.15, 0.2) is 5.65 Å². The van der Waals surface area contributed by atoms with E-state index in [1.807, 2.05) is 0 Å². The predicted molar refractivity (Wildman–Crippen MR) is 59.7 cm³/mol. The molecule has 17 heavy (non-hydrogen) atoms. The number of nitro groups is 1. The van der Waals surface area contributed by atoms with Crippen molar-refractivity contribution in [2.75, 3.05) is 0 Å². The first kappa shape index (κ1) is 9.64. The largest absolute Gasteiger partial charge is 0.306 e. The minimum atomic E-state index is -0.416. The van der Waals surface area contributed by atoms with Gasteiger partial charge in [-0.1, -0.05) is 0 Å². The number of fused-ring (bicyclic) bond motifs is 3. The van der Waals surface area contributed by atoms with Crippen molar-refractivity contribution in [2.24, 2.45) is 0 Å². The first-order chi connectivity index (χ1) is 8.18. The van der Waals surface area contributed by atoms with Crippen LogP contribution in [0.4, 0.5) is 5.69 Å². The molecule has 84 valence electrons. The number of aryl methyl sites for hydroxylation is 1. The lowest BCUT2D eigenvalue weighted by molar-refractivity contribution is -0.381. The Balaban J connectivity index is 2.62. The first-order valence-corrected chi connectivity index (χ1v) is 4.92. The summed E-state index contributed by atoms with van der Waals surface area (Å²) in [5.74, 6) is 0. The highest BCUT2D eigenvalue weighted by molar-refractivity contribution is 5.96. The smallest absolute Gasteiger partial charge is 0.258 e. The van der Waals surface area contributed by atoms with E-state index in [9.17, 15) is 10.1 Å². The minimum absolute atomic E-state index is 0.0195. The molecule has 3 aromatic heterocycles. The molecule has 0 bridgehead atoms. The molecule has 0 saturated heterocycles. The third-order valence-corrected chi connectivity index (χ3v) is 2.53. The molecule has 0 atom stereocenters. The van der Waals surface area contributed by atoms with Gasteiger partial charge in [-0.2, -0.15) is 10.2 Å². The van der Waals surface area contributed by atoms with E-state index < -0.39 is 4.92 Å². The third-order valence-electron chi connectivity index (χ3n) is 2.53. The van der Waals surface area contributed by atoms with Crippen LogP contribution >= 0.6 is 0 Å². The molecule has 7 heteroatoms. The molecule has 3 heterocycles. The minimum Gasteiger partial charge on any atom is -0.258 e. The summed E-state index contributed by atoms with van der Waals surface area (Å²) >= 11 is 0. The maximum absolute atomic E-state index is 11.1. The maximum atomic E-state index is 11.1. The monoisotopic (exact) mass is 229 g/mol. The van der Waals surface area contributed by atoms with Gasteiger partial charge in [0.05, 0.1) is 10.6 Å². The van der Waals surface area contributed by atoms with E-state index >= 15 is 0 Å². The Labute approximate surface area is 94.8 Å². The fourth-order valence-electron chi connectivity index (χ4n) is 1.86. The molecule has 0 aromatic carbocycles. The van der Waals surface area contributed by atoms with E-state index in [-0.39, 0.29) is 5.69 Å². The van der Waals surface area contributed by atoms with Gasteiger partial charge in [0.1, 0.15) is 10.9 Å². The quantitative estimate of drug-likeness (QED) is 0.466. The average Bonchev–Trinajstić information content (AvgIpc) is 2.62. The summed E-state index contributed by atoms with van der Waals surface area (Å²) in [6.07, 6.45) is 1.55. The summed E-state index contributed by atoms with van der Waals surface area (Å²) < 4.78 is 1.43. The average molecular weight is 229 g/mol. The molecular weight excluding hydrogens is 222 g/mol. The van der Waals surface area contributed by atoms with Gasteiger partial charge in [0.25, 0.3) is 0 Å². The summed E-state index contributed by atoms with van der Waals surface area (Å²) in [5.41, 5.74) is 1.48. The second-order valence-corrected chi connectivity index (χ2v) is 3.65. The normalized spacial score (nSPS) is 11.1. The lowest BCUT2D eigenvalue weighted by atomic mass is 10.2. The van der Waals surface area contributed by atoms with Crippen LogP contribution in [0.1, 0.15) is 5.69 Å². The highest BCUT2D eigenvalue weighted by Gasteiger charge is 2.23. The Morgan fingerprint density at radius 1 is 1.41 bits per heavy atom. The van der Waals surface area contributed by atoms with E-state index in [1.165, 1.54) is 4.52 Å². The van der Waals surface area contributed by atoms with Gasteiger partial charge in [-0.25, -0.2) is 4.52 Å². The predicted octanol–water partition coefficient (Wildman–Crippen LogP) is 1.49. The van der Waals surface area contributed by atoms with Gasteiger partial charge in [-0.15, -0.1) is 5.10 Å². The molecule has 0 saturated carbocycles. The molecule has 7 nitrogen and oxygen atoms in total. The Hall–Kier alpha value is -2.57. The lowest BCUT2D eigenvalue weighted by Crippen LogP contribution is -1.93. The van der Waals surface area contributed by atoms with Crippen molar-refractivity contribution in [2.45, 2.75) is 6.92 Å². The number of aromatic nitrogens is 4. The fourth-order valence-corrected chi connectivity index (χ4v) is 1.86. The van der Waals surface area contributed by atoms with Crippen LogP contribution in [0.15, 0.2) is 24.4 Å². The molecular formula is C10H7N5O2. The van der Waals surface area contributed by atoms with E-state index in [4.69, 9.17) is 0 Å².